The molecule has 6 heteroatoms. The molecule has 1 N–H and O–H groups in total. The molecule has 192 valence electrons. The first-order chi connectivity index (χ1) is 18.6. The highest BCUT2D eigenvalue weighted by Gasteiger charge is 2.16. The van der Waals surface area contributed by atoms with Crippen molar-refractivity contribution in [2.24, 2.45) is 0 Å². The lowest BCUT2D eigenvalue weighted by Gasteiger charge is -2.23. The van der Waals surface area contributed by atoms with Gasteiger partial charge in [-0.2, -0.15) is 0 Å². The molecule has 1 aromatic heterocycles. The van der Waals surface area contributed by atoms with Crippen molar-refractivity contribution in [1.29, 1.82) is 0 Å². The summed E-state index contributed by atoms with van der Waals surface area (Å²) in [5.74, 6) is -0.839. The number of hydrogen-bond acceptors (Lipinski definition) is 5. The van der Waals surface area contributed by atoms with Gasteiger partial charge in [0.25, 0.3) is 0 Å². The van der Waals surface area contributed by atoms with E-state index in [1.807, 2.05) is 29.2 Å². The Balaban J connectivity index is 1.29. The van der Waals surface area contributed by atoms with Crippen LogP contribution in [0.3, 0.4) is 0 Å². The number of aromatic nitrogens is 1. The molecule has 5 rings (SSSR count). The summed E-state index contributed by atoms with van der Waals surface area (Å²) >= 11 is 1.57. The van der Waals surface area contributed by atoms with Gasteiger partial charge in [-0.05, 0) is 41.0 Å². The first-order valence-corrected chi connectivity index (χ1v) is 13.7. The molecule has 0 fully saturated rings. The third-order valence-corrected chi connectivity index (χ3v) is 7.50. The number of thiazole rings is 1. The number of benzene rings is 4. The fourth-order valence-electron chi connectivity index (χ4n) is 4.77. The summed E-state index contributed by atoms with van der Waals surface area (Å²) in [7, 11) is 0. The van der Waals surface area contributed by atoms with E-state index < -0.39 is 5.97 Å². The molecule has 0 atom stereocenters. The molecular formula is C32H31N3O2S. The summed E-state index contributed by atoms with van der Waals surface area (Å²) in [5, 5.41) is 14.8. The Morgan fingerprint density at radius 1 is 0.842 bits per heavy atom. The van der Waals surface area contributed by atoms with Crippen LogP contribution in [0.4, 0.5) is 5.69 Å². The minimum absolute atomic E-state index is 0.0406. The molecule has 0 aliphatic rings. The smallest absolute Gasteiger partial charge is 0.317 e. The van der Waals surface area contributed by atoms with Crippen LogP contribution in [-0.4, -0.2) is 34.0 Å². The molecule has 38 heavy (non-hydrogen) atoms. The van der Waals surface area contributed by atoms with Crippen LogP contribution in [0.2, 0.25) is 0 Å². The SMILES string of the molecule is CCN(Cc1ccccc1)c1ccc(-c2csc(CN(CC(=O)O)Cc3cccc4ccccc34)n2)cc1. The quantitative estimate of drug-likeness (QED) is 0.201. The average Bonchev–Trinajstić information content (AvgIpc) is 3.41. The highest BCUT2D eigenvalue weighted by atomic mass is 32.1. The second kappa shape index (κ2) is 12.0. The topological polar surface area (TPSA) is 56.7 Å². The normalized spacial score (nSPS) is 11.2. The zero-order chi connectivity index (χ0) is 26.3. The van der Waals surface area contributed by atoms with Gasteiger partial charge in [-0.25, -0.2) is 4.98 Å². The Morgan fingerprint density at radius 2 is 1.58 bits per heavy atom. The molecule has 4 aromatic carbocycles. The number of carbonyl (C=O) groups is 1. The summed E-state index contributed by atoms with van der Waals surface area (Å²) in [6.45, 7) is 4.95. The maximum atomic E-state index is 11.6. The fraction of sp³-hybridized carbons (Fsp3) is 0.188. The van der Waals surface area contributed by atoms with Crippen LogP contribution in [-0.2, 0) is 24.4 Å². The first kappa shape index (κ1) is 25.6. The van der Waals surface area contributed by atoms with Gasteiger partial charge >= 0.3 is 5.97 Å². The van der Waals surface area contributed by atoms with Gasteiger partial charge in [0, 0.05) is 36.3 Å². The van der Waals surface area contributed by atoms with E-state index >= 15 is 0 Å². The maximum Gasteiger partial charge on any atom is 0.317 e. The zero-order valence-electron chi connectivity index (χ0n) is 21.5. The maximum absolute atomic E-state index is 11.6. The molecule has 0 saturated heterocycles. The van der Waals surface area contributed by atoms with Crippen LogP contribution in [0.15, 0.2) is 102 Å². The van der Waals surface area contributed by atoms with Crippen LogP contribution in [0.1, 0.15) is 23.1 Å². The van der Waals surface area contributed by atoms with Gasteiger partial charge in [-0.3, -0.25) is 9.69 Å². The van der Waals surface area contributed by atoms with Gasteiger partial charge in [-0.15, -0.1) is 11.3 Å². The predicted octanol–water partition coefficient (Wildman–Crippen LogP) is 7.08. The van der Waals surface area contributed by atoms with Crippen LogP contribution < -0.4 is 4.90 Å². The molecule has 0 radical (unpaired) electrons. The molecule has 0 saturated carbocycles. The summed E-state index contributed by atoms with van der Waals surface area (Å²) in [6.07, 6.45) is 0. The molecule has 0 aliphatic carbocycles. The van der Waals surface area contributed by atoms with Gasteiger partial charge < -0.3 is 10.0 Å². The Hall–Kier alpha value is -4.00. The molecule has 0 unspecified atom stereocenters. The van der Waals surface area contributed by atoms with Crippen LogP contribution >= 0.6 is 11.3 Å². The molecule has 5 aromatic rings. The number of aliphatic carboxylic acids is 1. The van der Waals surface area contributed by atoms with E-state index in [2.05, 4.69) is 90.0 Å². The zero-order valence-corrected chi connectivity index (χ0v) is 22.3. The number of hydrogen-bond donors (Lipinski definition) is 1. The lowest BCUT2D eigenvalue weighted by Crippen LogP contribution is -2.29. The van der Waals surface area contributed by atoms with E-state index in [0.29, 0.717) is 13.1 Å². The van der Waals surface area contributed by atoms with E-state index in [-0.39, 0.29) is 6.54 Å². The largest absolute Gasteiger partial charge is 0.480 e. The van der Waals surface area contributed by atoms with Crippen molar-refractivity contribution < 1.29 is 9.90 Å². The van der Waals surface area contributed by atoms with Crippen molar-refractivity contribution in [1.82, 2.24) is 9.88 Å². The third-order valence-electron chi connectivity index (χ3n) is 6.67. The predicted molar refractivity (Wildman–Crippen MR) is 156 cm³/mol. The van der Waals surface area contributed by atoms with Gasteiger partial charge in [-0.1, -0.05) is 84.9 Å². The monoisotopic (exact) mass is 521 g/mol. The Kier molecular flexibility index (Phi) is 8.12. The highest BCUT2D eigenvalue weighted by Crippen LogP contribution is 2.27. The number of carboxylic acids is 1. The van der Waals surface area contributed by atoms with Crippen molar-refractivity contribution in [2.45, 2.75) is 26.6 Å². The summed E-state index contributed by atoms with van der Waals surface area (Å²) in [5.41, 5.74) is 5.57. The number of nitrogens with zero attached hydrogens (tertiary/aromatic N) is 3. The van der Waals surface area contributed by atoms with Gasteiger partial charge in [0.05, 0.1) is 18.8 Å². The molecule has 5 nitrogen and oxygen atoms in total. The van der Waals surface area contributed by atoms with Crippen molar-refractivity contribution in [3.8, 4) is 11.3 Å². The van der Waals surface area contributed by atoms with Gasteiger partial charge in [0.15, 0.2) is 0 Å². The molecule has 0 amide bonds. The van der Waals surface area contributed by atoms with E-state index in [0.717, 1.165) is 45.7 Å². The minimum atomic E-state index is -0.839. The van der Waals surface area contributed by atoms with Crippen molar-refractivity contribution in [3.63, 3.8) is 0 Å². The van der Waals surface area contributed by atoms with Gasteiger partial charge in [0.2, 0.25) is 0 Å². The van der Waals surface area contributed by atoms with Crippen molar-refractivity contribution in [3.05, 3.63) is 119 Å². The summed E-state index contributed by atoms with van der Waals surface area (Å²) < 4.78 is 0. The minimum Gasteiger partial charge on any atom is -0.480 e. The Bertz CT molecular complexity index is 1490. The fourth-order valence-corrected chi connectivity index (χ4v) is 5.61. The lowest BCUT2D eigenvalue weighted by molar-refractivity contribution is -0.138. The van der Waals surface area contributed by atoms with Gasteiger partial charge in [0.1, 0.15) is 5.01 Å². The van der Waals surface area contributed by atoms with Crippen LogP contribution in [0, 0.1) is 0 Å². The molecule has 1 heterocycles. The van der Waals surface area contributed by atoms with Crippen molar-refractivity contribution >= 4 is 33.8 Å². The molecule has 0 bridgehead atoms. The van der Waals surface area contributed by atoms with E-state index in [9.17, 15) is 9.90 Å². The first-order valence-electron chi connectivity index (χ1n) is 12.8. The van der Waals surface area contributed by atoms with Crippen molar-refractivity contribution in [2.75, 3.05) is 18.0 Å². The Morgan fingerprint density at radius 3 is 2.34 bits per heavy atom. The standard InChI is InChI=1S/C32H31N3O2S/c1-2-35(19-24-9-4-3-5-10-24)28-17-15-26(16-18-28)30-23-38-31(33-30)21-34(22-32(36)37)20-27-13-8-12-25-11-6-7-14-29(25)27/h3-18,23H,2,19-22H2,1H3,(H,36,37). The van der Waals surface area contributed by atoms with E-state index in [4.69, 9.17) is 4.98 Å². The summed E-state index contributed by atoms with van der Waals surface area (Å²) in [6, 6.07) is 33.4. The number of fused-ring (bicyclic) bond motifs is 1. The highest BCUT2D eigenvalue weighted by molar-refractivity contribution is 7.09. The average molecular weight is 522 g/mol. The van der Waals surface area contributed by atoms with E-state index in [1.54, 1.807) is 11.3 Å². The summed E-state index contributed by atoms with van der Waals surface area (Å²) in [4.78, 5) is 20.8. The number of rotatable bonds is 11. The Labute approximate surface area is 227 Å². The second-order valence-corrected chi connectivity index (χ2v) is 10.3. The van der Waals surface area contributed by atoms with E-state index in [1.165, 1.54) is 11.3 Å². The molecule has 0 spiro atoms. The number of anilines is 1. The molecular weight excluding hydrogens is 490 g/mol. The van der Waals surface area contributed by atoms with Crippen LogP contribution in [0.5, 0.6) is 0 Å². The second-order valence-electron chi connectivity index (χ2n) is 9.35. The molecule has 0 aliphatic heterocycles. The number of carboxylic acid groups (broad SMARTS) is 1. The van der Waals surface area contributed by atoms with Crippen LogP contribution in [0.25, 0.3) is 22.0 Å². The lowest BCUT2D eigenvalue weighted by atomic mass is 10.0. The third kappa shape index (κ3) is 6.28.